The van der Waals surface area contributed by atoms with Gasteiger partial charge < -0.3 is 14.2 Å². The smallest absolute Gasteiger partial charge is 0.165 e. The standard InChI is InChI=1S/C26H24FIO3/c1-26(2,21-10-12-22(13-11-21)30-16-6-15-28)19-29-18-20-9-14-24(27)25(17-20)31-23-7-4-3-5-8-23/h3-5,7-14,17H,16,18-19H2,1-2H3. The molecule has 31 heavy (non-hydrogen) atoms. The second-order valence-electron chi connectivity index (χ2n) is 7.64. The molecule has 3 nitrogen and oxygen atoms in total. The molecule has 5 heteroatoms. The van der Waals surface area contributed by atoms with Crippen molar-refractivity contribution in [2.75, 3.05) is 13.2 Å². The van der Waals surface area contributed by atoms with Gasteiger partial charge >= 0.3 is 0 Å². The van der Waals surface area contributed by atoms with E-state index in [-0.39, 0.29) is 11.2 Å². The van der Waals surface area contributed by atoms with Crippen LogP contribution in [0, 0.1) is 15.7 Å². The molecule has 3 rings (SSSR count). The van der Waals surface area contributed by atoms with E-state index in [0.29, 0.717) is 25.6 Å². The number of benzene rings is 3. The van der Waals surface area contributed by atoms with Gasteiger partial charge in [-0.05, 0) is 51.5 Å². The van der Waals surface area contributed by atoms with Crippen LogP contribution in [0.2, 0.25) is 0 Å². The minimum absolute atomic E-state index is 0.189. The van der Waals surface area contributed by atoms with Crippen molar-refractivity contribution >= 4 is 22.6 Å². The molecule has 0 heterocycles. The summed E-state index contributed by atoms with van der Waals surface area (Å²) in [5, 5.41) is 0. The maximum Gasteiger partial charge on any atom is 0.165 e. The Hall–Kier alpha value is -2.56. The lowest BCUT2D eigenvalue weighted by atomic mass is 9.85. The van der Waals surface area contributed by atoms with Crippen molar-refractivity contribution in [3.05, 3.63) is 89.7 Å². The SMILES string of the molecule is CC(C)(COCc1ccc(F)c(Oc2ccccc2)c1)c1ccc(OCC#CI)cc1. The summed E-state index contributed by atoms with van der Waals surface area (Å²) in [7, 11) is 0. The van der Waals surface area contributed by atoms with Gasteiger partial charge in [-0.1, -0.05) is 56.2 Å². The number of ether oxygens (including phenoxy) is 3. The van der Waals surface area contributed by atoms with Gasteiger partial charge in [-0.25, -0.2) is 4.39 Å². The molecule has 0 atom stereocenters. The highest BCUT2D eigenvalue weighted by Gasteiger charge is 2.21. The Morgan fingerprint density at radius 1 is 0.935 bits per heavy atom. The lowest BCUT2D eigenvalue weighted by molar-refractivity contribution is 0.0823. The molecule has 0 fully saturated rings. The monoisotopic (exact) mass is 530 g/mol. The van der Waals surface area contributed by atoms with E-state index in [0.717, 1.165) is 16.9 Å². The molecule has 0 saturated carbocycles. The van der Waals surface area contributed by atoms with Crippen LogP contribution in [0.4, 0.5) is 4.39 Å². The van der Waals surface area contributed by atoms with Gasteiger partial charge in [-0.2, -0.15) is 0 Å². The van der Waals surface area contributed by atoms with Gasteiger partial charge in [0.2, 0.25) is 0 Å². The quantitative estimate of drug-likeness (QED) is 0.223. The Kier molecular flexibility index (Phi) is 8.33. The van der Waals surface area contributed by atoms with Gasteiger partial charge in [0.1, 0.15) is 18.1 Å². The molecular formula is C26H24FIO3. The number of hydrogen-bond acceptors (Lipinski definition) is 3. The molecule has 0 unspecified atom stereocenters. The first kappa shape index (κ1) is 23.1. The van der Waals surface area contributed by atoms with Crippen molar-refractivity contribution in [1.82, 2.24) is 0 Å². The molecule has 0 saturated heterocycles. The minimum atomic E-state index is -0.403. The summed E-state index contributed by atoms with van der Waals surface area (Å²) in [6.45, 7) is 5.51. The normalized spacial score (nSPS) is 10.8. The van der Waals surface area contributed by atoms with Crippen molar-refractivity contribution in [1.29, 1.82) is 0 Å². The van der Waals surface area contributed by atoms with E-state index in [1.54, 1.807) is 24.3 Å². The Bertz CT molecular complexity index is 1040. The van der Waals surface area contributed by atoms with Crippen LogP contribution < -0.4 is 9.47 Å². The summed E-state index contributed by atoms with van der Waals surface area (Å²) in [5.41, 5.74) is 1.81. The summed E-state index contributed by atoms with van der Waals surface area (Å²) in [5.74, 6) is 4.03. The maximum atomic E-state index is 14.1. The number of para-hydroxylation sites is 1. The molecule has 160 valence electrons. The fourth-order valence-electron chi connectivity index (χ4n) is 2.99. The van der Waals surface area contributed by atoms with Crippen LogP contribution in [0.5, 0.6) is 17.2 Å². The maximum absolute atomic E-state index is 14.1. The van der Waals surface area contributed by atoms with E-state index in [1.165, 1.54) is 6.07 Å². The lowest BCUT2D eigenvalue weighted by Crippen LogP contribution is -2.24. The molecular weight excluding hydrogens is 506 g/mol. The average molecular weight is 530 g/mol. The first-order valence-corrected chi connectivity index (χ1v) is 11.0. The zero-order chi connectivity index (χ0) is 22.1. The van der Waals surface area contributed by atoms with Crippen LogP contribution >= 0.6 is 22.6 Å². The van der Waals surface area contributed by atoms with Crippen LogP contribution in [0.1, 0.15) is 25.0 Å². The van der Waals surface area contributed by atoms with Crippen molar-refractivity contribution in [3.63, 3.8) is 0 Å². The van der Waals surface area contributed by atoms with Crippen LogP contribution in [0.25, 0.3) is 0 Å². The van der Waals surface area contributed by atoms with Gasteiger partial charge in [0.25, 0.3) is 0 Å². The highest BCUT2D eigenvalue weighted by atomic mass is 127. The average Bonchev–Trinajstić information content (AvgIpc) is 2.77. The van der Waals surface area contributed by atoms with E-state index in [2.05, 4.69) is 23.7 Å². The highest BCUT2D eigenvalue weighted by Crippen LogP contribution is 2.28. The van der Waals surface area contributed by atoms with E-state index >= 15 is 0 Å². The van der Waals surface area contributed by atoms with Crippen molar-refractivity contribution in [2.45, 2.75) is 25.9 Å². The van der Waals surface area contributed by atoms with Crippen LogP contribution in [0.15, 0.2) is 72.8 Å². The first-order chi connectivity index (χ1) is 15.0. The summed E-state index contributed by atoms with van der Waals surface area (Å²) in [4.78, 5) is 0. The minimum Gasteiger partial charge on any atom is -0.481 e. The topological polar surface area (TPSA) is 27.7 Å². The largest absolute Gasteiger partial charge is 0.481 e. The summed E-state index contributed by atoms with van der Waals surface area (Å²) >= 11 is 1.99. The number of hydrogen-bond donors (Lipinski definition) is 0. The van der Waals surface area contributed by atoms with Crippen LogP contribution in [-0.2, 0) is 16.8 Å². The highest BCUT2D eigenvalue weighted by molar-refractivity contribution is 14.1. The Labute approximate surface area is 196 Å². The van der Waals surface area contributed by atoms with Gasteiger partial charge in [0.05, 0.1) is 13.2 Å². The van der Waals surface area contributed by atoms with Gasteiger partial charge in [0, 0.05) is 28.0 Å². The van der Waals surface area contributed by atoms with Gasteiger partial charge in [-0.15, -0.1) is 0 Å². The zero-order valence-corrected chi connectivity index (χ0v) is 19.7. The molecule has 3 aromatic carbocycles. The Morgan fingerprint density at radius 2 is 1.68 bits per heavy atom. The fraction of sp³-hybridized carbons (Fsp3) is 0.231. The predicted molar refractivity (Wildman–Crippen MR) is 129 cm³/mol. The van der Waals surface area contributed by atoms with E-state index in [1.807, 2.05) is 65.1 Å². The molecule has 0 bridgehead atoms. The summed E-state index contributed by atoms with van der Waals surface area (Å²) in [6, 6.07) is 21.9. The Morgan fingerprint density at radius 3 is 2.39 bits per heavy atom. The zero-order valence-electron chi connectivity index (χ0n) is 17.5. The van der Waals surface area contributed by atoms with Gasteiger partial charge in [0.15, 0.2) is 11.6 Å². The summed E-state index contributed by atoms with van der Waals surface area (Å²) < 4.78 is 34.1. The van der Waals surface area contributed by atoms with E-state index in [9.17, 15) is 4.39 Å². The number of rotatable bonds is 9. The molecule has 0 N–H and O–H groups in total. The van der Waals surface area contributed by atoms with Gasteiger partial charge in [-0.3, -0.25) is 0 Å². The second kappa shape index (κ2) is 11.2. The van der Waals surface area contributed by atoms with Crippen LogP contribution in [0.3, 0.4) is 0 Å². The molecule has 3 aromatic rings. The van der Waals surface area contributed by atoms with Crippen molar-refractivity contribution < 1.29 is 18.6 Å². The fourth-order valence-corrected chi connectivity index (χ4v) is 3.14. The molecule has 0 aromatic heterocycles. The third kappa shape index (κ3) is 6.98. The second-order valence-corrected chi connectivity index (χ2v) is 8.18. The molecule has 0 spiro atoms. The van der Waals surface area contributed by atoms with Crippen LogP contribution in [-0.4, -0.2) is 13.2 Å². The molecule has 0 aliphatic rings. The third-order valence-corrected chi connectivity index (χ3v) is 5.09. The first-order valence-electron chi connectivity index (χ1n) is 9.89. The van der Waals surface area contributed by atoms with E-state index in [4.69, 9.17) is 14.2 Å². The van der Waals surface area contributed by atoms with Crippen molar-refractivity contribution in [3.8, 4) is 27.1 Å². The molecule has 0 aliphatic carbocycles. The predicted octanol–water partition coefficient (Wildman–Crippen LogP) is 6.89. The molecule has 0 amide bonds. The van der Waals surface area contributed by atoms with E-state index < -0.39 is 5.82 Å². The molecule has 0 aliphatic heterocycles. The number of halogens is 2. The molecule has 0 radical (unpaired) electrons. The third-order valence-electron chi connectivity index (χ3n) is 4.71. The summed E-state index contributed by atoms with van der Waals surface area (Å²) in [6.07, 6.45) is 0. The Balaban J connectivity index is 1.57. The van der Waals surface area contributed by atoms with Crippen molar-refractivity contribution in [2.24, 2.45) is 0 Å². The lowest BCUT2D eigenvalue weighted by Gasteiger charge is -2.25.